The standard InChI is InChI=1S/C13H23N5O2S/c1-5-7-14-13-15-8-11(18(19)20)12(16-13)17(3)10(6-2)9-21-4/h8,10H,5-7,9H2,1-4H3,(H,14,15,16). The van der Waals surface area contributed by atoms with Crippen LogP contribution in [0.3, 0.4) is 0 Å². The largest absolute Gasteiger partial charge is 0.354 e. The maximum Gasteiger partial charge on any atom is 0.329 e. The number of rotatable bonds is 9. The van der Waals surface area contributed by atoms with Crippen molar-refractivity contribution in [2.45, 2.75) is 32.7 Å². The van der Waals surface area contributed by atoms with Crippen LogP contribution in [-0.4, -0.2) is 46.5 Å². The summed E-state index contributed by atoms with van der Waals surface area (Å²) >= 11 is 1.72. The first-order valence-electron chi connectivity index (χ1n) is 7.02. The van der Waals surface area contributed by atoms with Crippen molar-refractivity contribution in [3.05, 3.63) is 16.3 Å². The van der Waals surface area contributed by atoms with Gasteiger partial charge in [0.1, 0.15) is 6.20 Å². The molecule has 0 radical (unpaired) electrons. The van der Waals surface area contributed by atoms with E-state index in [9.17, 15) is 10.1 Å². The van der Waals surface area contributed by atoms with Crippen LogP contribution in [0.2, 0.25) is 0 Å². The second-order valence-electron chi connectivity index (χ2n) is 4.71. The fourth-order valence-corrected chi connectivity index (χ4v) is 2.79. The summed E-state index contributed by atoms with van der Waals surface area (Å²) in [6.45, 7) is 4.85. The average Bonchev–Trinajstić information content (AvgIpc) is 2.49. The fraction of sp³-hybridized carbons (Fsp3) is 0.692. The molecule has 7 nitrogen and oxygen atoms in total. The fourth-order valence-electron chi connectivity index (χ4n) is 1.95. The van der Waals surface area contributed by atoms with Crippen molar-refractivity contribution in [1.29, 1.82) is 0 Å². The van der Waals surface area contributed by atoms with Gasteiger partial charge in [-0.05, 0) is 19.1 Å². The van der Waals surface area contributed by atoms with Crippen molar-refractivity contribution in [3.63, 3.8) is 0 Å². The Hall–Kier alpha value is -1.57. The summed E-state index contributed by atoms with van der Waals surface area (Å²) in [5.41, 5.74) is -0.0564. The van der Waals surface area contributed by atoms with E-state index in [1.54, 1.807) is 11.8 Å². The van der Waals surface area contributed by atoms with Gasteiger partial charge in [0.2, 0.25) is 11.8 Å². The summed E-state index contributed by atoms with van der Waals surface area (Å²) in [4.78, 5) is 21.0. The molecule has 1 atom stereocenters. The lowest BCUT2D eigenvalue weighted by atomic mass is 10.2. The van der Waals surface area contributed by atoms with Gasteiger partial charge in [-0.15, -0.1) is 0 Å². The molecule has 1 heterocycles. The molecular formula is C13H23N5O2S. The van der Waals surface area contributed by atoms with Gasteiger partial charge in [0.15, 0.2) is 0 Å². The Morgan fingerprint density at radius 2 is 2.24 bits per heavy atom. The molecule has 8 heteroatoms. The number of hydrogen-bond acceptors (Lipinski definition) is 7. The van der Waals surface area contributed by atoms with Gasteiger partial charge in [-0.2, -0.15) is 16.7 Å². The number of nitrogens with one attached hydrogen (secondary N) is 1. The topological polar surface area (TPSA) is 84.2 Å². The lowest BCUT2D eigenvalue weighted by Gasteiger charge is -2.27. The normalized spacial score (nSPS) is 12.0. The third-order valence-corrected chi connectivity index (χ3v) is 3.91. The minimum absolute atomic E-state index is 0.0564. The molecule has 1 aromatic heterocycles. The minimum Gasteiger partial charge on any atom is -0.354 e. The Morgan fingerprint density at radius 1 is 1.52 bits per heavy atom. The summed E-state index contributed by atoms with van der Waals surface area (Å²) in [7, 11) is 1.85. The number of anilines is 2. The molecule has 118 valence electrons. The van der Waals surface area contributed by atoms with Crippen molar-refractivity contribution >= 4 is 29.2 Å². The van der Waals surface area contributed by atoms with Gasteiger partial charge < -0.3 is 10.2 Å². The van der Waals surface area contributed by atoms with Crippen LogP contribution in [0.15, 0.2) is 6.20 Å². The summed E-state index contributed by atoms with van der Waals surface area (Å²) < 4.78 is 0. The Labute approximate surface area is 129 Å². The Kier molecular flexibility index (Phi) is 7.21. The van der Waals surface area contributed by atoms with Crippen molar-refractivity contribution < 1.29 is 4.92 Å². The monoisotopic (exact) mass is 313 g/mol. The molecular weight excluding hydrogens is 290 g/mol. The molecule has 0 aromatic carbocycles. The number of nitro groups is 1. The molecule has 0 spiro atoms. The van der Waals surface area contributed by atoms with Crippen LogP contribution in [0.25, 0.3) is 0 Å². The first-order valence-corrected chi connectivity index (χ1v) is 8.41. The number of aromatic nitrogens is 2. The van der Waals surface area contributed by atoms with E-state index in [1.807, 2.05) is 25.1 Å². The van der Waals surface area contributed by atoms with Gasteiger partial charge in [0, 0.05) is 25.4 Å². The SMILES string of the molecule is CCCNc1ncc([N+](=O)[O-])c(N(C)C(CC)CSC)n1. The molecule has 21 heavy (non-hydrogen) atoms. The molecule has 0 amide bonds. The summed E-state index contributed by atoms with van der Waals surface area (Å²) in [5, 5.41) is 14.3. The van der Waals surface area contributed by atoms with Gasteiger partial charge in [-0.3, -0.25) is 10.1 Å². The number of nitrogens with zero attached hydrogens (tertiary/aromatic N) is 4. The van der Waals surface area contributed by atoms with E-state index in [0.717, 1.165) is 25.1 Å². The summed E-state index contributed by atoms with van der Waals surface area (Å²) in [6, 6.07) is 0.202. The first kappa shape index (κ1) is 17.5. The summed E-state index contributed by atoms with van der Waals surface area (Å²) in [5.74, 6) is 1.70. The predicted molar refractivity (Wildman–Crippen MR) is 88.3 cm³/mol. The highest BCUT2D eigenvalue weighted by atomic mass is 32.2. The van der Waals surface area contributed by atoms with Crippen molar-refractivity contribution in [2.24, 2.45) is 0 Å². The second-order valence-corrected chi connectivity index (χ2v) is 5.63. The number of thioether (sulfide) groups is 1. The van der Waals surface area contributed by atoms with Gasteiger partial charge in [-0.25, -0.2) is 4.98 Å². The van der Waals surface area contributed by atoms with Crippen molar-refractivity contribution in [3.8, 4) is 0 Å². The molecule has 0 saturated carbocycles. The van der Waals surface area contributed by atoms with E-state index in [0.29, 0.717) is 11.8 Å². The average molecular weight is 313 g/mol. The van der Waals surface area contributed by atoms with Crippen LogP contribution in [-0.2, 0) is 0 Å². The smallest absolute Gasteiger partial charge is 0.329 e. The maximum atomic E-state index is 11.2. The van der Waals surface area contributed by atoms with Gasteiger partial charge >= 0.3 is 5.69 Å². The third-order valence-electron chi connectivity index (χ3n) is 3.19. The highest BCUT2D eigenvalue weighted by Crippen LogP contribution is 2.28. The van der Waals surface area contributed by atoms with Gasteiger partial charge in [0.25, 0.3) is 0 Å². The minimum atomic E-state index is -0.429. The molecule has 0 bridgehead atoms. The first-order chi connectivity index (χ1) is 10.0. The van der Waals surface area contributed by atoms with Crippen molar-refractivity contribution in [2.75, 3.05) is 35.8 Å². The maximum absolute atomic E-state index is 11.2. The van der Waals surface area contributed by atoms with Crippen LogP contribution in [0.5, 0.6) is 0 Å². The van der Waals surface area contributed by atoms with E-state index in [1.165, 1.54) is 6.20 Å². The van der Waals surface area contributed by atoms with E-state index < -0.39 is 4.92 Å². The van der Waals surface area contributed by atoms with E-state index >= 15 is 0 Å². The lowest BCUT2D eigenvalue weighted by Crippen LogP contribution is -2.34. The molecule has 1 aromatic rings. The molecule has 1 unspecified atom stereocenters. The number of hydrogen-bond donors (Lipinski definition) is 1. The lowest BCUT2D eigenvalue weighted by molar-refractivity contribution is -0.384. The van der Waals surface area contributed by atoms with E-state index in [-0.39, 0.29) is 11.7 Å². The van der Waals surface area contributed by atoms with Crippen LogP contribution < -0.4 is 10.2 Å². The van der Waals surface area contributed by atoms with Crippen LogP contribution in [0.4, 0.5) is 17.5 Å². The van der Waals surface area contributed by atoms with E-state index in [4.69, 9.17) is 0 Å². The molecule has 1 rings (SSSR count). The quantitative estimate of drug-likeness (QED) is 0.554. The molecule has 0 fully saturated rings. The highest BCUT2D eigenvalue weighted by Gasteiger charge is 2.24. The Bertz CT molecular complexity index is 472. The van der Waals surface area contributed by atoms with Gasteiger partial charge in [0.05, 0.1) is 4.92 Å². The zero-order valence-corrected chi connectivity index (χ0v) is 13.8. The van der Waals surface area contributed by atoms with Crippen LogP contribution in [0, 0.1) is 10.1 Å². The van der Waals surface area contributed by atoms with Crippen LogP contribution in [0.1, 0.15) is 26.7 Å². The predicted octanol–water partition coefficient (Wildman–Crippen LogP) is 2.78. The second kappa shape index (κ2) is 8.66. The molecule has 0 aliphatic carbocycles. The molecule has 0 saturated heterocycles. The van der Waals surface area contributed by atoms with Crippen molar-refractivity contribution in [1.82, 2.24) is 9.97 Å². The Morgan fingerprint density at radius 3 is 2.76 bits per heavy atom. The van der Waals surface area contributed by atoms with Gasteiger partial charge in [-0.1, -0.05) is 13.8 Å². The zero-order valence-electron chi connectivity index (χ0n) is 13.0. The zero-order chi connectivity index (χ0) is 15.8. The molecule has 0 aliphatic rings. The third kappa shape index (κ3) is 4.73. The molecule has 0 aliphatic heterocycles. The van der Waals surface area contributed by atoms with Crippen LogP contribution >= 0.6 is 11.8 Å². The molecule has 1 N–H and O–H groups in total. The highest BCUT2D eigenvalue weighted by molar-refractivity contribution is 7.98. The summed E-state index contributed by atoms with van der Waals surface area (Å²) in [6.07, 6.45) is 5.15. The Balaban J connectivity index is 3.12. The van der Waals surface area contributed by atoms with E-state index in [2.05, 4.69) is 22.2 Å².